The zero-order valence-corrected chi connectivity index (χ0v) is 13.3. The van der Waals surface area contributed by atoms with Gasteiger partial charge in [0.15, 0.2) is 0 Å². The zero-order chi connectivity index (χ0) is 13.8. The predicted octanol–water partition coefficient (Wildman–Crippen LogP) is 3.48. The van der Waals surface area contributed by atoms with Gasteiger partial charge in [-0.1, -0.05) is 32.0 Å². The van der Waals surface area contributed by atoms with Crippen LogP contribution in [0.1, 0.15) is 43.7 Å². The summed E-state index contributed by atoms with van der Waals surface area (Å²) in [6.07, 6.45) is 1.88. The summed E-state index contributed by atoms with van der Waals surface area (Å²) in [7, 11) is 0. The van der Waals surface area contributed by atoms with Crippen molar-refractivity contribution in [3.8, 4) is 0 Å². The van der Waals surface area contributed by atoms with E-state index in [0.717, 1.165) is 37.2 Å². The number of hydrogen-bond donors (Lipinski definition) is 2. The van der Waals surface area contributed by atoms with Crippen molar-refractivity contribution < 1.29 is 4.79 Å². The van der Waals surface area contributed by atoms with Crippen LogP contribution >= 0.6 is 12.4 Å². The Morgan fingerprint density at radius 2 is 1.95 bits per heavy atom. The molecule has 0 bridgehead atoms. The Labute approximate surface area is 127 Å². The van der Waals surface area contributed by atoms with Crippen LogP contribution in [0.15, 0.2) is 18.2 Å². The van der Waals surface area contributed by atoms with Crippen molar-refractivity contribution in [2.45, 2.75) is 39.5 Å². The number of carbonyl (C=O) groups is 1. The second-order valence-electron chi connectivity index (χ2n) is 5.71. The first kappa shape index (κ1) is 17.0. The topological polar surface area (TPSA) is 41.1 Å². The van der Waals surface area contributed by atoms with Crippen LogP contribution < -0.4 is 10.6 Å². The van der Waals surface area contributed by atoms with Crippen LogP contribution in [0.2, 0.25) is 0 Å². The number of nitrogens with one attached hydrogen (secondary N) is 2. The molecule has 0 saturated carbocycles. The molecule has 0 aliphatic carbocycles. The van der Waals surface area contributed by atoms with Crippen molar-refractivity contribution in [3.63, 3.8) is 0 Å². The number of hydrogen-bond acceptors (Lipinski definition) is 2. The lowest BCUT2D eigenvalue weighted by atomic mass is 9.95. The SMILES string of the molecule is Cc1cccc(C(C)C)c1NC(=O)C1CCNCC1.Cl. The van der Waals surface area contributed by atoms with E-state index in [1.165, 1.54) is 5.56 Å². The number of halogens is 1. The summed E-state index contributed by atoms with van der Waals surface area (Å²) in [5.74, 6) is 0.752. The Balaban J connectivity index is 0.00000200. The molecule has 0 spiro atoms. The highest BCUT2D eigenvalue weighted by molar-refractivity contribution is 5.94. The second-order valence-corrected chi connectivity index (χ2v) is 5.71. The molecule has 1 heterocycles. The van der Waals surface area contributed by atoms with Crippen LogP contribution in [0.25, 0.3) is 0 Å². The molecule has 2 N–H and O–H groups in total. The van der Waals surface area contributed by atoms with Gasteiger partial charge in [-0.05, 0) is 49.9 Å². The van der Waals surface area contributed by atoms with Gasteiger partial charge >= 0.3 is 0 Å². The van der Waals surface area contributed by atoms with Crippen LogP contribution in [0.5, 0.6) is 0 Å². The number of benzene rings is 1. The third kappa shape index (κ3) is 3.97. The molecule has 0 aromatic heterocycles. The normalized spacial score (nSPS) is 15.8. The summed E-state index contributed by atoms with van der Waals surface area (Å²) < 4.78 is 0. The summed E-state index contributed by atoms with van der Waals surface area (Å²) >= 11 is 0. The van der Waals surface area contributed by atoms with Crippen LogP contribution in [0.4, 0.5) is 5.69 Å². The standard InChI is InChI=1S/C16H24N2O.ClH/c1-11(2)14-6-4-5-12(3)15(14)18-16(19)13-7-9-17-10-8-13;/h4-6,11,13,17H,7-10H2,1-3H3,(H,18,19);1H. The molecule has 4 heteroatoms. The van der Waals surface area contributed by atoms with Gasteiger partial charge in [0.1, 0.15) is 0 Å². The van der Waals surface area contributed by atoms with Gasteiger partial charge in [-0.3, -0.25) is 4.79 Å². The van der Waals surface area contributed by atoms with Gasteiger partial charge < -0.3 is 10.6 Å². The lowest BCUT2D eigenvalue weighted by Gasteiger charge is -2.23. The van der Waals surface area contributed by atoms with Crippen molar-refractivity contribution in [1.82, 2.24) is 5.32 Å². The van der Waals surface area contributed by atoms with Gasteiger partial charge in [-0.25, -0.2) is 0 Å². The first-order chi connectivity index (χ1) is 9.09. The number of amides is 1. The van der Waals surface area contributed by atoms with E-state index >= 15 is 0 Å². The van der Waals surface area contributed by atoms with Gasteiger partial charge in [0.05, 0.1) is 0 Å². The number of para-hydroxylation sites is 1. The highest BCUT2D eigenvalue weighted by Gasteiger charge is 2.22. The van der Waals surface area contributed by atoms with Crippen molar-refractivity contribution >= 4 is 24.0 Å². The van der Waals surface area contributed by atoms with Crippen LogP contribution in [0, 0.1) is 12.8 Å². The third-order valence-electron chi connectivity index (χ3n) is 3.89. The molecule has 3 nitrogen and oxygen atoms in total. The Morgan fingerprint density at radius 3 is 2.55 bits per heavy atom. The van der Waals surface area contributed by atoms with E-state index in [9.17, 15) is 4.79 Å². The highest BCUT2D eigenvalue weighted by Crippen LogP contribution is 2.28. The van der Waals surface area contributed by atoms with Crippen LogP contribution in [-0.2, 0) is 4.79 Å². The molecule has 2 rings (SSSR count). The molecule has 1 aliphatic rings. The molecule has 1 amide bonds. The largest absolute Gasteiger partial charge is 0.325 e. The molecule has 1 saturated heterocycles. The predicted molar refractivity (Wildman–Crippen MR) is 86.7 cm³/mol. The number of rotatable bonds is 3. The average molecular weight is 297 g/mol. The van der Waals surface area contributed by atoms with E-state index in [1.54, 1.807) is 0 Å². The Morgan fingerprint density at radius 1 is 1.30 bits per heavy atom. The first-order valence-electron chi connectivity index (χ1n) is 7.20. The van der Waals surface area contributed by atoms with Crippen molar-refractivity contribution in [1.29, 1.82) is 0 Å². The van der Waals surface area contributed by atoms with E-state index in [0.29, 0.717) is 5.92 Å². The Hall–Kier alpha value is -1.06. The molecule has 0 unspecified atom stereocenters. The maximum atomic E-state index is 12.4. The highest BCUT2D eigenvalue weighted by atomic mass is 35.5. The minimum atomic E-state index is 0. The lowest BCUT2D eigenvalue weighted by Crippen LogP contribution is -2.34. The maximum absolute atomic E-state index is 12.4. The molecular formula is C16H25ClN2O. The molecule has 0 radical (unpaired) electrons. The summed E-state index contributed by atoms with van der Waals surface area (Å²) in [5.41, 5.74) is 3.39. The summed E-state index contributed by atoms with van der Waals surface area (Å²) in [4.78, 5) is 12.4. The Kier molecular flexibility index (Phi) is 6.50. The maximum Gasteiger partial charge on any atom is 0.227 e. The second kappa shape index (κ2) is 7.65. The molecule has 112 valence electrons. The molecule has 1 fully saturated rings. The van der Waals surface area contributed by atoms with Gasteiger partial charge in [0.2, 0.25) is 5.91 Å². The third-order valence-corrected chi connectivity index (χ3v) is 3.89. The van der Waals surface area contributed by atoms with Crippen molar-refractivity contribution in [2.75, 3.05) is 18.4 Å². The molecule has 0 atom stereocenters. The van der Waals surface area contributed by atoms with Crippen LogP contribution in [-0.4, -0.2) is 19.0 Å². The first-order valence-corrected chi connectivity index (χ1v) is 7.20. The molecule has 1 aromatic rings. The van der Waals surface area contributed by atoms with E-state index in [4.69, 9.17) is 0 Å². The fraction of sp³-hybridized carbons (Fsp3) is 0.562. The lowest BCUT2D eigenvalue weighted by molar-refractivity contribution is -0.120. The van der Waals surface area contributed by atoms with E-state index in [-0.39, 0.29) is 24.2 Å². The number of carbonyl (C=O) groups excluding carboxylic acids is 1. The van der Waals surface area contributed by atoms with Gasteiger partial charge in [0, 0.05) is 11.6 Å². The van der Waals surface area contributed by atoms with Crippen molar-refractivity contribution in [3.05, 3.63) is 29.3 Å². The van der Waals surface area contributed by atoms with E-state index in [2.05, 4.69) is 49.6 Å². The van der Waals surface area contributed by atoms with Crippen LogP contribution in [0.3, 0.4) is 0 Å². The number of aryl methyl sites for hydroxylation is 1. The zero-order valence-electron chi connectivity index (χ0n) is 12.5. The van der Waals surface area contributed by atoms with Gasteiger partial charge in [-0.2, -0.15) is 0 Å². The van der Waals surface area contributed by atoms with E-state index < -0.39 is 0 Å². The smallest absolute Gasteiger partial charge is 0.227 e. The molecular weight excluding hydrogens is 272 g/mol. The summed E-state index contributed by atoms with van der Waals surface area (Å²) in [6, 6.07) is 6.23. The van der Waals surface area contributed by atoms with E-state index in [1.807, 2.05) is 0 Å². The average Bonchev–Trinajstić information content (AvgIpc) is 2.41. The monoisotopic (exact) mass is 296 g/mol. The summed E-state index contributed by atoms with van der Waals surface area (Å²) in [5, 5.41) is 6.46. The van der Waals surface area contributed by atoms with Gasteiger partial charge in [0.25, 0.3) is 0 Å². The molecule has 1 aliphatic heterocycles. The fourth-order valence-electron chi connectivity index (χ4n) is 2.65. The number of piperidine rings is 1. The Bertz CT molecular complexity index is 454. The molecule has 20 heavy (non-hydrogen) atoms. The number of anilines is 1. The summed E-state index contributed by atoms with van der Waals surface area (Å²) in [6.45, 7) is 8.28. The minimum Gasteiger partial charge on any atom is -0.325 e. The minimum absolute atomic E-state index is 0. The van der Waals surface area contributed by atoms with Gasteiger partial charge in [-0.15, -0.1) is 12.4 Å². The fourth-order valence-corrected chi connectivity index (χ4v) is 2.65. The molecule has 1 aromatic carbocycles. The van der Waals surface area contributed by atoms with Crippen molar-refractivity contribution in [2.24, 2.45) is 5.92 Å². The quantitative estimate of drug-likeness (QED) is 0.896.